The lowest BCUT2D eigenvalue weighted by atomic mass is 10.0. The lowest BCUT2D eigenvalue weighted by Gasteiger charge is -2.33. The quantitative estimate of drug-likeness (QED) is 0.816. The fraction of sp³-hybridized carbons (Fsp3) is 0.667. The van der Waals surface area contributed by atoms with Gasteiger partial charge in [0, 0.05) is 18.8 Å². The van der Waals surface area contributed by atoms with Crippen molar-refractivity contribution in [1.82, 2.24) is 14.1 Å². The summed E-state index contributed by atoms with van der Waals surface area (Å²) in [6.45, 7) is 5.76. The van der Waals surface area contributed by atoms with Crippen molar-refractivity contribution < 1.29 is 18.3 Å². The summed E-state index contributed by atoms with van der Waals surface area (Å²) in [7, 11) is -2.09. The minimum Gasteiger partial charge on any atom is -0.481 e. The van der Waals surface area contributed by atoms with E-state index in [-0.39, 0.29) is 17.9 Å². The van der Waals surface area contributed by atoms with Crippen LogP contribution in [0, 0.1) is 0 Å². The minimum atomic E-state index is -3.62. The van der Waals surface area contributed by atoms with E-state index in [1.165, 1.54) is 28.4 Å². The van der Waals surface area contributed by atoms with Gasteiger partial charge in [-0.1, -0.05) is 6.92 Å². The zero-order chi connectivity index (χ0) is 15.6. The number of hydrogen-bond acceptors (Lipinski definition) is 4. The van der Waals surface area contributed by atoms with Crippen LogP contribution in [0.25, 0.3) is 0 Å². The number of aromatic nitrogens is 2. The van der Waals surface area contributed by atoms with Gasteiger partial charge in [0.15, 0.2) is 0 Å². The standard InChI is InChI=1S/C12H21N3O4S/c1-5-12(2,3)14(4)20(18,19)10-8-13-15(9-10)7-6-11(16)17/h8-9H,5-7H2,1-4H3,(H,16,17). The zero-order valence-electron chi connectivity index (χ0n) is 12.2. The van der Waals surface area contributed by atoms with Crippen LogP contribution < -0.4 is 0 Å². The summed E-state index contributed by atoms with van der Waals surface area (Å²) >= 11 is 0. The third-order valence-electron chi connectivity index (χ3n) is 3.54. The van der Waals surface area contributed by atoms with Crippen molar-refractivity contribution in [3.05, 3.63) is 12.4 Å². The van der Waals surface area contributed by atoms with E-state index in [0.717, 1.165) is 0 Å². The van der Waals surface area contributed by atoms with Crippen LogP contribution >= 0.6 is 0 Å². The summed E-state index contributed by atoms with van der Waals surface area (Å²) in [4.78, 5) is 10.6. The monoisotopic (exact) mass is 303 g/mol. The topological polar surface area (TPSA) is 92.5 Å². The molecule has 0 bridgehead atoms. The molecule has 0 atom stereocenters. The molecule has 0 saturated carbocycles. The highest BCUT2D eigenvalue weighted by molar-refractivity contribution is 7.89. The van der Waals surface area contributed by atoms with Gasteiger partial charge in [0.25, 0.3) is 0 Å². The van der Waals surface area contributed by atoms with E-state index in [2.05, 4.69) is 5.10 Å². The van der Waals surface area contributed by atoms with E-state index in [1.54, 1.807) is 0 Å². The first-order chi connectivity index (χ1) is 9.11. The van der Waals surface area contributed by atoms with E-state index < -0.39 is 21.5 Å². The van der Waals surface area contributed by atoms with Crippen LogP contribution in [0.1, 0.15) is 33.6 Å². The highest BCUT2D eigenvalue weighted by Crippen LogP contribution is 2.24. The Hall–Kier alpha value is -1.41. The molecule has 7 nitrogen and oxygen atoms in total. The van der Waals surface area contributed by atoms with Gasteiger partial charge < -0.3 is 5.11 Å². The molecule has 0 aliphatic carbocycles. The average Bonchev–Trinajstić information content (AvgIpc) is 2.84. The van der Waals surface area contributed by atoms with Gasteiger partial charge in [-0.2, -0.15) is 9.40 Å². The molecule has 0 fully saturated rings. The molecule has 0 aliphatic heterocycles. The number of aryl methyl sites for hydroxylation is 1. The molecule has 1 aromatic heterocycles. The zero-order valence-corrected chi connectivity index (χ0v) is 13.0. The predicted molar refractivity (Wildman–Crippen MR) is 73.8 cm³/mol. The molecule has 8 heteroatoms. The fourth-order valence-electron chi connectivity index (χ4n) is 1.52. The number of aliphatic carboxylic acids is 1. The molecule has 1 aromatic rings. The maximum absolute atomic E-state index is 12.4. The third-order valence-corrected chi connectivity index (χ3v) is 5.56. The highest BCUT2D eigenvalue weighted by atomic mass is 32.2. The van der Waals surface area contributed by atoms with Crippen LogP contribution in [0.5, 0.6) is 0 Å². The molecule has 0 unspecified atom stereocenters. The Morgan fingerprint density at radius 2 is 2.10 bits per heavy atom. The van der Waals surface area contributed by atoms with E-state index in [4.69, 9.17) is 5.11 Å². The molecular formula is C12H21N3O4S. The Bertz CT molecular complexity index is 577. The summed E-state index contributed by atoms with van der Waals surface area (Å²) in [5.74, 6) is -0.950. The number of rotatable bonds is 7. The number of nitrogens with zero attached hydrogens (tertiary/aromatic N) is 3. The molecule has 0 aliphatic rings. The van der Waals surface area contributed by atoms with Crippen molar-refractivity contribution in [3.8, 4) is 0 Å². The van der Waals surface area contributed by atoms with E-state index >= 15 is 0 Å². The van der Waals surface area contributed by atoms with Gasteiger partial charge in [0.2, 0.25) is 10.0 Å². The van der Waals surface area contributed by atoms with Gasteiger partial charge in [-0.15, -0.1) is 0 Å². The smallest absolute Gasteiger partial charge is 0.305 e. The molecule has 0 saturated heterocycles. The van der Waals surface area contributed by atoms with E-state index in [1.807, 2.05) is 20.8 Å². The third kappa shape index (κ3) is 3.57. The molecule has 20 heavy (non-hydrogen) atoms. The van der Waals surface area contributed by atoms with Gasteiger partial charge >= 0.3 is 5.97 Å². The fourth-order valence-corrected chi connectivity index (χ4v) is 3.05. The molecule has 1 rings (SSSR count). The molecule has 114 valence electrons. The first kappa shape index (κ1) is 16.6. The van der Waals surface area contributed by atoms with Crippen molar-refractivity contribution in [2.24, 2.45) is 0 Å². The summed E-state index contributed by atoms with van der Waals surface area (Å²) in [6, 6.07) is 0. The van der Waals surface area contributed by atoms with Crippen molar-refractivity contribution >= 4 is 16.0 Å². The molecule has 0 spiro atoms. The predicted octanol–water partition coefficient (Wildman–Crippen LogP) is 1.17. The summed E-state index contributed by atoms with van der Waals surface area (Å²) < 4.78 is 27.5. The van der Waals surface area contributed by atoms with Gasteiger partial charge in [-0.25, -0.2) is 8.42 Å². The van der Waals surface area contributed by atoms with Crippen molar-refractivity contribution in [1.29, 1.82) is 0 Å². The van der Waals surface area contributed by atoms with E-state index in [9.17, 15) is 13.2 Å². The second-order valence-electron chi connectivity index (χ2n) is 5.22. The SMILES string of the molecule is CCC(C)(C)N(C)S(=O)(=O)c1cnn(CCC(=O)O)c1. The normalized spacial score (nSPS) is 12.8. The van der Waals surface area contributed by atoms with Crippen molar-refractivity contribution in [3.63, 3.8) is 0 Å². The van der Waals surface area contributed by atoms with Crippen molar-refractivity contribution in [2.45, 2.75) is 50.6 Å². The Kier molecular flexibility index (Phi) is 4.93. The molecule has 0 amide bonds. The Morgan fingerprint density at radius 1 is 1.50 bits per heavy atom. The number of sulfonamides is 1. The summed E-state index contributed by atoms with van der Waals surface area (Å²) in [5.41, 5.74) is -0.498. The van der Waals surface area contributed by atoms with Crippen LogP contribution in [-0.4, -0.2) is 46.2 Å². The van der Waals surface area contributed by atoms with E-state index in [0.29, 0.717) is 6.42 Å². The number of carboxylic acid groups (broad SMARTS) is 1. The van der Waals surface area contributed by atoms with Crippen LogP contribution in [0.3, 0.4) is 0 Å². The number of hydrogen-bond donors (Lipinski definition) is 1. The molecule has 1 N–H and O–H groups in total. The van der Waals surface area contributed by atoms with Gasteiger partial charge in [0.1, 0.15) is 4.90 Å². The second kappa shape index (κ2) is 5.92. The van der Waals surface area contributed by atoms with Crippen molar-refractivity contribution in [2.75, 3.05) is 7.05 Å². The molecule has 0 radical (unpaired) electrons. The Balaban J connectivity index is 2.97. The van der Waals surface area contributed by atoms with Crippen LogP contribution in [0.15, 0.2) is 17.3 Å². The van der Waals surface area contributed by atoms with Gasteiger partial charge in [-0.05, 0) is 20.3 Å². The van der Waals surface area contributed by atoms with Crippen LogP contribution in [0.4, 0.5) is 0 Å². The molecule has 0 aromatic carbocycles. The largest absolute Gasteiger partial charge is 0.481 e. The second-order valence-corrected chi connectivity index (χ2v) is 7.19. The maximum atomic E-state index is 12.4. The summed E-state index contributed by atoms with van der Waals surface area (Å²) in [5, 5.41) is 12.5. The Labute approximate surface area is 119 Å². The minimum absolute atomic E-state index is 0.0758. The maximum Gasteiger partial charge on any atom is 0.305 e. The molecule has 1 heterocycles. The summed E-state index contributed by atoms with van der Waals surface area (Å²) in [6.07, 6.45) is 3.19. The average molecular weight is 303 g/mol. The van der Waals surface area contributed by atoms with Crippen LogP contribution in [-0.2, 0) is 21.4 Å². The van der Waals surface area contributed by atoms with Gasteiger partial charge in [-0.3, -0.25) is 9.48 Å². The highest BCUT2D eigenvalue weighted by Gasteiger charge is 2.33. The van der Waals surface area contributed by atoms with Gasteiger partial charge in [0.05, 0.1) is 19.2 Å². The van der Waals surface area contributed by atoms with Crippen LogP contribution in [0.2, 0.25) is 0 Å². The lowest BCUT2D eigenvalue weighted by molar-refractivity contribution is -0.137. The first-order valence-electron chi connectivity index (χ1n) is 6.34. The Morgan fingerprint density at radius 3 is 2.60 bits per heavy atom. The first-order valence-corrected chi connectivity index (χ1v) is 7.78. The number of carbonyl (C=O) groups is 1. The molecular weight excluding hydrogens is 282 g/mol. The number of carboxylic acids is 1. The lowest BCUT2D eigenvalue weighted by Crippen LogP contribution is -2.44.